The lowest BCUT2D eigenvalue weighted by molar-refractivity contribution is 0.195. The first kappa shape index (κ1) is 12.9. The van der Waals surface area contributed by atoms with E-state index in [2.05, 4.69) is 4.98 Å². The van der Waals surface area contributed by atoms with E-state index < -0.39 is 6.10 Å². The summed E-state index contributed by atoms with van der Waals surface area (Å²) in [5.74, 6) is 0.812. The number of ether oxygens (including phenoxy) is 1. The summed E-state index contributed by atoms with van der Waals surface area (Å²) in [5, 5.41) is 12.2. The largest absolute Gasteiger partial charge is 0.497 e. The Morgan fingerprint density at radius 3 is 2.83 bits per heavy atom. The fourth-order valence-electron chi connectivity index (χ4n) is 1.55. The van der Waals surface area contributed by atoms with E-state index in [0.29, 0.717) is 5.69 Å². The van der Waals surface area contributed by atoms with E-state index >= 15 is 0 Å². The van der Waals surface area contributed by atoms with Crippen LogP contribution in [0.25, 0.3) is 0 Å². The standard InChI is InChI=1S/C13H16N2O2S/c1-9(16)12-8-18-13(14-12)15(2)10-5-4-6-11(7-10)17-3/h4-9,16H,1-3H3. The van der Waals surface area contributed by atoms with Gasteiger partial charge in [0.25, 0.3) is 0 Å². The lowest BCUT2D eigenvalue weighted by Gasteiger charge is -2.16. The molecule has 5 heteroatoms. The molecule has 0 aliphatic carbocycles. The van der Waals surface area contributed by atoms with Crippen LogP contribution >= 0.6 is 11.3 Å². The van der Waals surface area contributed by atoms with Crippen molar-refractivity contribution in [2.24, 2.45) is 0 Å². The Morgan fingerprint density at radius 1 is 1.44 bits per heavy atom. The molecule has 1 N–H and O–H groups in total. The molecule has 0 aliphatic heterocycles. The van der Waals surface area contributed by atoms with Crippen molar-refractivity contribution in [2.45, 2.75) is 13.0 Å². The summed E-state index contributed by atoms with van der Waals surface area (Å²) >= 11 is 1.51. The van der Waals surface area contributed by atoms with E-state index in [1.54, 1.807) is 14.0 Å². The Morgan fingerprint density at radius 2 is 2.22 bits per heavy atom. The average Bonchev–Trinajstić information content (AvgIpc) is 2.87. The molecule has 4 nitrogen and oxygen atoms in total. The van der Waals surface area contributed by atoms with Gasteiger partial charge in [-0.25, -0.2) is 4.98 Å². The van der Waals surface area contributed by atoms with Crippen molar-refractivity contribution in [1.82, 2.24) is 4.98 Å². The second-order valence-corrected chi connectivity index (χ2v) is 4.83. The third-order valence-corrected chi connectivity index (χ3v) is 3.60. The van der Waals surface area contributed by atoms with Crippen LogP contribution < -0.4 is 9.64 Å². The highest BCUT2D eigenvalue weighted by atomic mass is 32.1. The summed E-state index contributed by atoms with van der Waals surface area (Å²) in [5.41, 5.74) is 1.70. The maximum absolute atomic E-state index is 9.48. The van der Waals surface area contributed by atoms with Crippen molar-refractivity contribution in [3.05, 3.63) is 35.3 Å². The highest BCUT2D eigenvalue weighted by molar-refractivity contribution is 7.13. The van der Waals surface area contributed by atoms with Crippen molar-refractivity contribution in [2.75, 3.05) is 19.1 Å². The molecule has 0 spiro atoms. The van der Waals surface area contributed by atoms with E-state index in [1.807, 2.05) is 41.6 Å². The zero-order valence-electron chi connectivity index (χ0n) is 10.6. The first-order chi connectivity index (χ1) is 8.61. The number of anilines is 2. The predicted molar refractivity (Wildman–Crippen MR) is 73.8 cm³/mol. The normalized spacial score (nSPS) is 12.2. The van der Waals surface area contributed by atoms with E-state index in [9.17, 15) is 5.11 Å². The first-order valence-electron chi connectivity index (χ1n) is 5.63. The molecule has 1 aromatic heterocycles. The van der Waals surface area contributed by atoms with E-state index in [0.717, 1.165) is 16.6 Å². The van der Waals surface area contributed by atoms with Gasteiger partial charge >= 0.3 is 0 Å². The molecule has 1 aromatic carbocycles. The van der Waals surface area contributed by atoms with Crippen LogP contribution in [-0.4, -0.2) is 24.2 Å². The minimum Gasteiger partial charge on any atom is -0.497 e. The number of hydrogen-bond donors (Lipinski definition) is 1. The van der Waals surface area contributed by atoms with E-state index in [1.165, 1.54) is 11.3 Å². The Bertz CT molecular complexity index is 525. The Balaban J connectivity index is 2.26. The van der Waals surface area contributed by atoms with Crippen LogP contribution in [0.3, 0.4) is 0 Å². The van der Waals surface area contributed by atoms with Crippen LogP contribution in [0.2, 0.25) is 0 Å². The number of aliphatic hydroxyl groups is 1. The van der Waals surface area contributed by atoms with Crippen molar-refractivity contribution in [3.8, 4) is 5.75 Å². The van der Waals surface area contributed by atoms with Crippen LogP contribution in [-0.2, 0) is 0 Å². The van der Waals surface area contributed by atoms with Crippen LogP contribution in [0, 0.1) is 0 Å². The van der Waals surface area contributed by atoms with Gasteiger partial charge in [-0.15, -0.1) is 11.3 Å². The zero-order valence-corrected chi connectivity index (χ0v) is 11.4. The molecule has 0 fully saturated rings. The summed E-state index contributed by atoms with van der Waals surface area (Å²) in [6.07, 6.45) is -0.534. The first-order valence-corrected chi connectivity index (χ1v) is 6.51. The monoisotopic (exact) mass is 264 g/mol. The highest BCUT2D eigenvalue weighted by Crippen LogP contribution is 2.30. The number of aromatic nitrogens is 1. The van der Waals surface area contributed by atoms with Gasteiger partial charge in [0.1, 0.15) is 5.75 Å². The molecule has 18 heavy (non-hydrogen) atoms. The average molecular weight is 264 g/mol. The number of hydrogen-bond acceptors (Lipinski definition) is 5. The number of benzene rings is 1. The van der Waals surface area contributed by atoms with Gasteiger partial charge in [-0.3, -0.25) is 0 Å². The minimum atomic E-state index is -0.534. The summed E-state index contributed by atoms with van der Waals surface area (Å²) in [6.45, 7) is 1.71. The van der Waals surface area contributed by atoms with Crippen molar-refractivity contribution >= 4 is 22.2 Å². The third kappa shape index (κ3) is 2.63. The van der Waals surface area contributed by atoms with Gasteiger partial charge < -0.3 is 14.7 Å². The Hall–Kier alpha value is -1.59. The molecule has 2 rings (SSSR count). The van der Waals surface area contributed by atoms with Gasteiger partial charge in [0.15, 0.2) is 5.13 Å². The second-order valence-electron chi connectivity index (χ2n) is 3.99. The van der Waals surface area contributed by atoms with E-state index in [-0.39, 0.29) is 0 Å². The smallest absolute Gasteiger partial charge is 0.189 e. The number of aliphatic hydroxyl groups excluding tert-OH is 1. The number of rotatable bonds is 4. The maximum Gasteiger partial charge on any atom is 0.189 e. The van der Waals surface area contributed by atoms with Gasteiger partial charge in [-0.1, -0.05) is 6.07 Å². The lowest BCUT2D eigenvalue weighted by atomic mass is 10.3. The van der Waals surface area contributed by atoms with Gasteiger partial charge in [-0.2, -0.15) is 0 Å². The molecular formula is C13H16N2O2S. The van der Waals surface area contributed by atoms with Crippen LogP contribution in [0.4, 0.5) is 10.8 Å². The molecule has 1 heterocycles. The van der Waals surface area contributed by atoms with Gasteiger partial charge in [0.2, 0.25) is 0 Å². The molecule has 0 bridgehead atoms. The topological polar surface area (TPSA) is 45.6 Å². The van der Waals surface area contributed by atoms with Crippen molar-refractivity contribution < 1.29 is 9.84 Å². The fraction of sp³-hybridized carbons (Fsp3) is 0.308. The minimum absolute atomic E-state index is 0.534. The van der Waals surface area contributed by atoms with Crippen molar-refractivity contribution in [3.63, 3.8) is 0 Å². The van der Waals surface area contributed by atoms with Crippen molar-refractivity contribution in [1.29, 1.82) is 0 Å². The second kappa shape index (κ2) is 5.37. The molecule has 1 unspecified atom stereocenters. The molecule has 0 saturated heterocycles. The molecule has 0 aliphatic rings. The SMILES string of the molecule is COc1cccc(N(C)c2nc(C(C)O)cs2)c1. The van der Waals surface area contributed by atoms with Gasteiger partial charge in [0, 0.05) is 24.2 Å². The molecule has 0 radical (unpaired) electrons. The van der Waals surface area contributed by atoms with Crippen LogP contribution in [0.1, 0.15) is 18.7 Å². The molecule has 96 valence electrons. The molecule has 2 aromatic rings. The molecule has 1 atom stereocenters. The Labute approximate surface area is 110 Å². The summed E-state index contributed by atoms with van der Waals surface area (Å²) in [7, 11) is 3.59. The maximum atomic E-state index is 9.48. The quantitative estimate of drug-likeness (QED) is 0.922. The zero-order chi connectivity index (χ0) is 13.1. The fourth-order valence-corrected chi connectivity index (χ4v) is 2.45. The lowest BCUT2D eigenvalue weighted by Crippen LogP contribution is -2.09. The van der Waals surface area contributed by atoms with Gasteiger partial charge in [-0.05, 0) is 19.1 Å². The molecular weight excluding hydrogens is 248 g/mol. The summed E-state index contributed by atoms with van der Waals surface area (Å²) in [4.78, 5) is 6.37. The van der Waals surface area contributed by atoms with Gasteiger partial charge in [0.05, 0.1) is 18.9 Å². The third-order valence-electron chi connectivity index (χ3n) is 2.67. The Kier molecular flexibility index (Phi) is 3.84. The summed E-state index contributed by atoms with van der Waals surface area (Å²) in [6, 6.07) is 7.78. The number of thiazole rings is 1. The number of methoxy groups -OCH3 is 1. The molecule has 0 amide bonds. The van der Waals surface area contributed by atoms with Crippen LogP contribution in [0.15, 0.2) is 29.6 Å². The highest BCUT2D eigenvalue weighted by Gasteiger charge is 2.12. The van der Waals surface area contributed by atoms with E-state index in [4.69, 9.17) is 4.74 Å². The predicted octanol–water partition coefficient (Wildman–Crippen LogP) is 2.97. The summed E-state index contributed by atoms with van der Waals surface area (Å²) < 4.78 is 5.20. The van der Waals surface area contributed by atoms with Crippen LogP contribution in [0.5, 0.6) is 5.75 Å². The molecule has 0 saturated carbocycles. The number of nitrogens with zero attached hydrogens (tertiary/aromatic N) is 2.